The van der Waals surface area contributed by atoms with Gasteiger partial charge in [-0.15, -0.1) is 11.8 Å². The monoisotopic (exact) mass is 288 g/mol. The number of thioether (sulfide) groups is 1. The summed E-state index contributed by atoms with van der Waals surface area (Å²) in [6.45, 7) is 0. The first-order valence-corrected chi connectivity index (χ1v) is 7.15. The number of hydrogen-bond donors (Lipinski definition) is 1. The van der Waals surface area contributed by atoms with Crippen LogP contribution in [0.5, 0.6) is 0 Å². The third-order valence-electron chi connectivity index (χ3n) is 2.66. The molecule has 0 saturated heterocycles. The third kappa shape index (κ3) is 2.50. The first kappa shape index (κ1) is 10.9. The zero-order valence-corrected chi connectivity index (χ0v) is 11.2. The lowest BCUT2D eigenvalue weighted by atomic mass is 10.2. The van der Waals surface area contributed by atoms with Gasteiger partial charge in [0.1, 0.15) is 0 Å². The number of thiol groups is 1. The van der Waals surface area contributed by atoms with Gasteiger partial charge in [0, 0.05) is 15.1 Å². The molecule has 0 unspecified atom stereocenters. The summed E-state index contributed by atoms with van der Waals surface area (Å²) < 4.78 is 1.21. The normalized spacial score (nSPS) is 18.1. The van der Waals surface area contributed by atoms with E-state index in [-0.39, 0.29) is 0 Å². The minimum absolute atomic E-state index is 0.545. The molecule has 1 fully saturated rings. The Morgan fingerprint density at radius 2 is 2.07 bits per heavy atom. The van der Waals surface area contributed by atoms with Crippen molar-refractivity contribution >= 4 is 40.3 Å². The van der Waals surface area contributed by atoms with Crippen LogP contribution in [0, 0.1) is 5.41 Å². The van der Waals surface area contributed by atoms with E-state index in [1.807, 2.05) is 11.8 Å². The van der Waals surface area contributed by atoms with Crippen LogP contribution in [0.4, 0.5) is 0 Å². The van der Waals surface area contributed by atoms with E-state index in [0.29, 0.717) is 5.41 Å². The SMILES string of the molecule is SCC1(CSc2ccccc2Br)CC1. The average molecular weight is 289 g/mol. The van der Waals surface area contributed by atoms with E-state index in [1.165, 1.54) is 28.0 Å². The molecule has 1 aliphatic rings. The Labute approximate surface area is 103 Å². The molecule has 1 aliphatic carbocycles. The predicted molar refractivity (Wildman–Crippen MR) is 70.4 cm³/mol. The van der Waals surface area contributed by atoms with Crippen molar-refractivity contribution in [3.8, 4) is 0 Å². The lowest BCUT2D eigenvalue weighted by molar-refractivity contribution is 0.683. The maximum absolute atomic E-state index is 4.41. The Kier molecular flexibility index (Phi) is 3.50. The molecule has 1 aromatic rings. The first-order valence-electron chi connectivity index (χ1n) is 4.74. The Hall–Kier alpha value is 0.400. The fourth-order valence-electron chi connectivity index (χ4n) is 1.32. The van der Waals surface area contributed by atoms with Crippen molar-refractivity contribution in [2.24, 2.45) is 5.41 Å². The maximum Gasteiger partial charge on any atom is 0.0311 e. The van der Waals surface area contributed by atoms with E-state index >= 15 is 0 Å². The Balaban J connectivity index is 1.95. The Morgan fingerprint density at radius 1 is 1.36 bits per heavy atom. The molecule has 1 aromatic carbocycles. The second kappa shape index (κ2) is 4.50. The van der Waals surface area contributed by atoms with E-state index in [1.54, 1.807) is 0 Å². The third-order valence-corrected chi connectivity index (χ3v) is 5.71. The van der Waals surface area contributed by atoms with Crippen LogP contribution in [0.2, 0.25) is 0 Å². The summed E-state index contributed by atoms with van der Waals surface area (Å²) in [4.78, 5) is 1.35. The van der Waals surface area contributed by atoms with Crippen molar-refractivity contribution in [2.45, 2.75) is 17.7 Å². The summed E-state index contributed by atoms with van der Waals surface area (Å²) in [6.07, 6.45) is 2.71. The van der Waals surface area contributed by atoms with Crippen molar-refractivity contribution in [2.75, 3.05) is 11.5 Å². The van der Waals surface area contributed by atoms with E-state index < -0.39 is 0 Å². The predicted octanol–water partition coefficient (Wildman–Crippen LogP) is 4.25. The molecule has 14 heavy (non-hydrogen) atoms. The van der Waals surface area contributed by atoms with Gasteiger partial charge in [0.2, 0.25) is 0 Å². The van der Waals surface area contributed by atoms with Crippen LogP contribution in [0.3, 0.4) is 0 Å². The highest BCUT2D eigenvalue weighted by Crippen LogP contribution is 2.50. The second-order valence-electron chi connectivity index (χ2n) is 3.88. The molecule has 2 rings (SSSR count). The highest BCUT2D eigenvalue weighted by Gasteiger charge is 2.40. The van der Waals surface area contributed by atoms with Gasteiger partial charge in [-0.1, -0.05) is 12.1 Å². The summed E-state index contributed by atoms with van der Waals surface area (Å²) >= 11 is 9.92. The van der Waals surface area contributed by atoms with Gasteiger partial charge in [0.05, 0.1) is 0 Å². The first-order chi connectivity index (χ1) is 6.76. The molecule has 0 aliphatic heterocycles. The van der Waals surface area contributed by atoms with Crippen LogP contribution >= 0.6 is 40.3 Å². The molecule has 0 bridgehead atoms. The molecule has 1 saturated carbocycles. The van der Waals surface area contributed by atoms with Crippen LogP contribution in [0.25, 0.3) is 0 Å². The number of rotatable bonds is 4. The highest BCUT2D eigenvalue weighted by atomic mass is 79.9. The van der Waals surface area contributed by atoms with Crippen LogP contribution in [0.1, 0.15) is 12.8 Å². The summed E-state index contributed by atoms with van der Waals surface area (Å²) in [5, 5.41) is 0. The summed E-state index contributed by atoms with van der Waals surface area (Å²) in [5.41, 5.74) is 0.545. The summed E-state index contributed by atoms with van der Waals surface area (Å²) in [5.74, 6) is 2.24. The van der Waals surface area contributed by atoms with Gasteiger partial charge >= 0.3 is 0 Å². The average Bonchev–Trinajstić information content (AvgIpc) is 2.98. The van der Waals surface area contributed by atoms with Crippen molar-refractivity contribution in [3.05, 3.63) is 28.7 Å². The largest absolute Gasteiger partial charge is 0.179 e. The topological polar surface area (TPSA) is 0 Å². The number of hydrogen-bond acceptors (Lipinski definition) is 2. The Morgan fingerprint density at radius 3 is 2.64 bits per heavy atom. The molecule has 0 aromatic heterocycles. The van der Waals surface area contributed by atoms with Gasteiger partial charge in [-0.25, -0.2) is 0 Å². The van der Waals surface area contributed by atoms with Gasteiger partial charge in [-0.3, -0.25) is 0 Å². The van der Waals surface area contributed by atoms with Gasteiger partial charge in [0.25, 0.3) is 0 Å². The van der Waals surface area contributed by atoms with Crippen molar-refractivity contribution in [1.29, 1.82) is 0 Å². The molecule has 0 amide bonds. The van der Waals surface area contributed by atoms with E-state index in [9.17, 15) is 0 Å². The fourth-order valence-corrected chi connectivity index (χ4v) is 3.76. The van der Waals surface area contributed by atoms with E-state index in [0.717, 1.165) is 5.75 Å². The zero-order chi connectivity index (χ0) is 10.0. The molecule has 0 atom stereocenters. The minimum atomic E-state index is 0.545. The molecular formula is C11H13BrS2. The quantitative estimate of drug-likeness (QED) is 0.638. The maximum atomic E-state index is 4.41. The van der Waals surface area contributed by atoms with Gasteiger partial charge in [0.15, 0.2) is 0 Å². The lowest BCUT2D eigenvalue weighted by Crippen LogP contribution is -2.05. The van der Waals surface area contributed by atoms with Gasteiger partial charge < -0.3 is 0 Å². The standard InChI is InChI=1S/C11H13BrS2/c12-9-3-1-2-4-10(9)14-8-11(7-13)5-6-11/h1-4,13H,5-8H2. The molecule has 0 heterocycles. The second-order valence-corrected chi connectivity index (χ2v) is 6.06. The Bertz CT molecular complexity index is 321. The molecular weight excluding hydrogens is 276 g/mol. The van der Waals surface area contributed by atoms with Gasteiger partial charge in [-0.05, 0) is 52.1 Å². The van der Waals surface area contributed by atoms with Crippen LogP contribution < -0.4 is 0 Å². The van der Waals surface area contributed by atoms with Crippen molar-refractivity contribution in [1.82, 2.24) is 0 Å². The zero-order valence-electron chi connectivity index (χ0n) is 7.87. The van der Waals surface area contributed by atoms with Crippen LogP contribution in [0.15, 0.2) is 33.6 Å². The molecule has 76 valence electrons. The highest BCUT2D eigenvalue weighted by molar-refractivity contribution is 9.10. The molecule has 0 nitrogen and oxygen atoms in total. The van der Waals surface area contributed by atoms with Crippen LogP contribution in [-0.2, 0) is 0 Å². The smallest absolute Gasteiger partial charge is 0.0311 e. The van der Waals surface area contributed by atoms with Crippen molar-refractivity contribution < 1.29 is 0 Å². The fraction of sp³-hybridized carbons (Fsp3) is 0.455. The minimum Gasteiger partial charge on any atom is -0.179 e. The molecule has 0 spiro atoms. The van der Waals surface area contributed by atoms with Crippen LogP contribution in [-0.4, -0.2) is 11.5 Å². The number of benzene rings is 1. The molecule has 0 radical (unpaired) electrons. The van der Waals surface area contributed by atoms with Crippen molar-refractivity contribution in [3.63, 3.8) is 0 Å². The van der Waals surface area contributed by atoms with Gasteiger partial charge in [-0.2, -0.15) is 12.6 Å². The number of halogens is 1. The molecule has 3 heteroatoms. The molecule has 0 N–H and O–H groups in total. The summed E-state index contributed by atoms with van der Waals surface area (Å²) in [6, 6.07) is 8.42. The van der Waals surface area contributed by atoms with E-state index in [4.69, 9.17) is 0 Å². The summed E-state index contributed by atoms with van der Waals surface area (Å²) in [7, 11) is 0. The lowest BCUT2D eigenvalue weighted by Gasteiger charge is -2.11. The van der Waals surface area contributed by atoms with E-state index in [2.05, 4.69) is 52.8 Å².